The summed E-state index contributed by atoms with van der Waals surface area (Å²) < 4.78 is 1.35. The van der Waals surface area contributed by atoms with Crippen LogP contribution in [-0.2, 0) is 0 Å². The quantitative estimate of drug-likeness (QED) is 0.656. The van der Waals surface area contributed by atoms with Gasteiger partial charge in [-0.25, -0.2) is 0 Å². The first-order chi connectivity index (χ1) is 4.63. The molecule has 0 fully saturated rings. The number of hydrogen-bond acceptors (Lipinski definition) is 3. The number of aliphatic hydroxyl groups excluding tert-OH is 1. The van der Waals surface area contributed by atoms with Crippen LogP contribution in [0.25, 0.3) is 0 Å². The first-order valence-electron chi connectivity index (χ1n) is 2.97. The Labute approximate surface area is 62.6 Å². The summed E-state index contributed by atoms with van der Waals surface area (Å²) in [6, 6.07) is 0. The zero-order chi connectivity index (χ0) is 7.72. The van der Waals surface area contributed by atoms with Crippen molar-refractivity contribution in [2.45, 2.75) is 20.1 Å². The smallest absolute Gasteiger partial charge is 0.309 e. The first kappa shape index (κ1) is 7.50. The molecule has 1 aromatic rings. The second kappa shape index (κ2) is 2.56. The molecule has 0 saturated carbocycles. The minimum atomic E-state index is -0.709. The van der Waals surface area contributed by atoms with Gasteiger partial charge >= 0.3 is 4.87 Å². The predicted molar refractivity (Wildman–Crippen MR) is 40.2 cm³/mol. The Morgan fingerprint density at radius 2 is 2.40 bits per heavy atom. The highest BCUT2D eigenvalue weighted by Crippen LogP contribution is 2.04. The van der Waals surface area contributed by atoms with Crippen molar-refractivity contribution < 1.29 is 5.11 Å². The number of thiazole rings is 1. The van der Waals surface area contributed by atoms with E-state index in [1.165, 1.54) is 4.57 Å². The highest BCUT2D eigenvalue weighted by molar-refractivity contribution is 7.07. The molecule has 0 radical (unpaired) electrons. The molecule has 0 aliphatic carbocycles. The van der Waals surface area contributed by atoms with Crippen LogP contribution >= 0.6 is 11.3 Å². The Morgan fingerprint density at radius 1 is 1.80 bits per heavy atom. The van der Waals surface area contributed by atoms with Crippen LogP contribution in [0.3, 0.4) is 0 Å². The van der Waals surface area contributed by atoms with Crippen molar-refractivity contribution >= 4 is 11.3 Å². The molecule has 0 aliphatic heterocycles. The Kier molecular flexibility index (Phi) is 1.92. The van der Waals surface area contributed by atoms with Crippen molar-refractivity contribution in [3.63, 3.8) is 0 Å². The highest BCUT2D eigenvalue weighted by atomic mass is 32.1. The summed E-state index contributed by atoms with van der Waals surface area (Å²) in [5.74, 6) is 0. The van der Waals surface area contributed by atoms with Gasteiger partial charge in [0.25, 0.3) is 0 Å². The molecule has 1 atom stereocenters. The van der Waals surface area contributed by atoms with Gasteiger partial charge < -0.3 is 5.11 Å². The lowest BCUT2D eigenvalue weighted by molar-refractivity contribution is 0.120. The van der Waals surface area contributed by atoms with Crippen molar-refractivity contribution in [2.75, 3.05) is 0 Å². The largest absolute Gasteiger partial charge is 0.373 e. The number of nitrogens with zero attached hydrogens (tertiary/aromatic N) is 1. The molecule has 0 amide bonds. The second-order valence-electron chi connectivity index (χ2n) is 2.14. The van der Waals surface area contributed by atoms with Crippen molar-refractivity contribution in [3.05, 3.63) is 20.7 Å². The fourth-order valence-corrected chi connectivity index (χ4v) is 1.64. The van der Waals surface area contributed by atoms with Crippen LogP contribution in [0.15, 0.2) is 10.2 Å². The number of aryl methyl sites for hydroxylation is 1. The molecule has 0 aliphatic rings. The standard InChI is InChI=1S/C6H9NO2S/c1-4-3-10-6(9)7(4)5(2)8/h3,5,8H,1-2H3. The SMILES string of the molecule is Cc1csc(=O)n1C(C)O. The molecule has 1 rings (SSSR count). The van der Waals surface area contributed by atoms with Crippen LogP contribution in [0.5, 0.6) is 0 Å². The average molecular weight is 159 g/mol. The molecule has 0 aromatic carbocycles. The number of hydrogen-bond donors (Lipinski definition) is 1. The average Bonchev–Trinajstić information content (AvgIpc) is 2.11. The molecular weight excluding hydrogens is 150 g/mol. The second-order valence-corrected chi connectivity index (χ2v) is 2.97. The molecule has 1 aromatic heterocycles. The molecule has 1 N–H and O–H groups in total. The highest BCUT2D eigenvalue weighted by Gasteiger charge is 2.05. The molecule has 1 unspecified atom stereocenters. The molecule has 56 valence electrons. The van der Waals surface area contributed by atoms with Gasteiger partial charge in [-0.05, 0) is 13.8 Å². The number of rotatable bonds is 1. The topological polar surface area (TPSA) is 42.2 Å². The van der Waals surface area contributed by atoms with Crippen LogP contribution in [0.4, 0.5) is 0 Å². The lowest BCUT2D eigenvalue weighted by Crippen LogP contribution is -2.18. The van der Waals surface area contributed by atoms with E-state index < -0.39 is 6.23 Å². The predicted octanol–water partition coefficient (Wildman–Crippen LogP) is 0.729. The van der Waals surface area contributed by atoms with Crippen LogP contribution < -0.4 is 4.87 Å². The number of aliphatic hydroxyl groups is 1. The van der Waals surface area contributed by atoms with Gasteiger partial charge in [-0.1, -0.05) is 11.3 Å². The maximum Gasteiger partial charge on any atom is 0.309 e. The third-order valence-electron chi connectivity index (χ3n) is 1.28. The lowest BCUT2D eigenvalue weighted by atomic mass is 10.5. The first-order valence-corrected chi connectivity index (χ1v) is 3.85. The molecule has 1 heterocycles. The van der Waals surface area contributed by atoms with Crippen LogP contribution in [0.2, 0.25) is 0 Å². The maximum absolute atomic E-state index is 10.9. The zero-order valence-electron chi connectivity index (χ0n) is 5.87. The van der Waals surface area contributed by atoms with E-state index in [-0.39, 0.29) is 4.87 Å². The van der Waals surface area contributed by atoms with Crippen LogP contribution in [-0.4, -0.2) is 9.67 Å². The summed E-state index contributed by atoms with van der Waals surface area (Å²) in [5.41, 5.74) is 0.810. The van der Waals surface area contributed by atoms with Crippen molar-refractivity contribution in [1.29, 1.82) is 0 Å². The molecule has 10 heavy (non-hydrogen) atoms. The van der Waals surface area contributed by atoms with E-state index in [1.54, 1.807) is 19.2 Å². The van der Waals surface area contributed by atoms with E-state index in [0.717, 1.165) is 17.0 Å². The van der Waals surface area contributed by atoms with Gasteiger partial charge in [0.2, 0.25) is 0 Å². The van der Waals surface area contributed by atoms with Gasteiger partial charge in [-0.2, -0.15) is 0 Å². The minimum absolute atomic E-state index is 0.104. The Bertz CT molecular complexity index is 274. The van der Waals surface area contributed by atoms with E-state index in [2.05, 4.69) is 0 Å². The molecular formula is C6H9NO2S. The van der Waals surface area contributed by atoms with Crippen LogP contribution in [0.1, 0.15) is 18.8 Å². The summed E-state index contributed by atoms with van der Waals surface area (Å²) in [6.45, 7) is 3.37. The number of aromatic nitrogens is 1. The van der Waals surface area contributed by atoms with Gasteiger partial charge in [0.1, 0.15) is 6.23 Å². The van der Waals surface area contributed by atoms with Gasteiger partial charge in [-0.15, -0.1) is 0 Å². The summed E-state index contributed by atoms with van der Waals surface area (Å²) >= 11 is 1.11. The Hall–Kier alpha value is -0.610. The normalized spacial score (nSPS) is 13.5. The Balaban J connectivity index is 3.23. The third-order valence-corrected chi connectivity index (χ3v) is 2.14. The molecule has 0 bridgehead atoms. The van der Waals surface area contributed by atoms with E-state index >= 15 is 0 Å². The fraction of sp³-hybridized carbons (Fsp3) is 0.500. The molecule has 4 heteroatoms. The zero-order valence-corrected chi connectivity index (χ0v) is 6.68. The van der Waals surface area contributed by atoms with Crippen LogP contribution in [0, 0.1) is 6.92 Å². The van der Waals surface area contributed by atoms with Crippen molar-refractivity contribution in [3.8, 4) is 0 Å². The summed E-state index contributed by atoms with van der Waals surface area (Å²) in [4.78, 5) is 10.8. The van der Waals surface area contributed by atoms with Crippen molar-refractivity contribution in [1.82, 2.24) is 4.57 Å². The van der Waals surface area contributed by atoms with Gasteiger partial charge in [-0.3, -0.25) is 9.36 Å². The monoisotopic (exact) mass is 159 g/mol. The summed E-state index contributed by atoms with van der Waals surface area (Å²) in [5, 5.41) is 10.8. The summed E-state index contributed by atoms with van der Waals surface area (Å²) in [6.07, 6.45) is -0.709. The van der Waals surface area contributed by atoms with E-state index in [9.17, 15) is 4.79 Å². The third kappa shape index (κ3) is 1.12. The van der Waals surface area contributed by atoms with Gasteiger partial charge in [0, 0.05) is 11.1 Å². The fourth-order valence-electron chi connectivity index (χ4n) is 0.840. The van der Waals surface area contributed by atoms with E-state index in [4.69, 9.17) is 5.11 Å². The lowest BCUT2D eigenvalue weighted by Gasteiger charge is -2.05. The molecule has 0 saturated heterocycles. The molecule has 3 nitrogen and oxygen atoms in total. The van der Waals surface area contributed by atoms with Gasteiger partial charge in [0.05, 0.1) is 0 Å². The Morgan fingerprint density at radius 3 is 2.60 bits per heavy atom. The summed E-state index contributed by atoms with van der Waals surface area (Å²) in [7, 11) is 0. The molecule has 0 spiro atoms. The van der Waals surface area contributed by atoms with Gasteiger partial charge in [0.15, 0.2) is 0 Å². The maximum atomic E-state index is 10.9. The van der Waals surface area contributed by atoms with E-state index in [1.807, 2.05) is 0 Å². The van der Waals surface area contributed by atoms with E-state index in [0.29, 0.717) is 0 Å². The van der Waals surface area contributed by atoms with Crippen molar-refractivity contribution in [2.24, 2.45) is 0 Å². The minimum Gasteiger partial charge on any atom is -0.373 e.